The molecule has 0 aliphatic heterocycles. The molecule has 0 saturated heterocycles. The third kappa shape index (κ3) is 4.16. The Labute approximate surface area is 152 Å². The lowest BCUT2D eigenvalue weighted by Crippen LogP contribution is -2.31. The Kier molecular flexibility index (Phi) is 5.03. The number of hydrogen-bond acceptors (Lipinski definition) is 6. The van der Waals surface area contributed by atoms with Crippen LogP contribution in [0.1, 0.15) is 47.9 Å². The highest BCUT2D eigenvalue weighted by atomic mass is 79.9. The van der Waals surface area contributed by atoms with Crippen molar-refractivity contribution >= 4 is 21.8 Å². The van der Waals surface area contributed by atoms with Crippen molar-refractivity contribution in [3.05, 3.63) is 52.2 Å². The van der Waals surface area contributed by atoms with Crippen molar-refractivity contribution in [1.82, 2.24) is 25.2 Å². The number of aryl methyl sites for hydroxylation is 1. The Morgan fingerprint density at radius 3 is 2.80 bits per heavy atom. The number of halogens is 1. The molecule has 0 fully saturated rings. The minimum Gasteiger partial charge on any atom is -0.454 e. The summed E-state index contributed by atoms with van der Waals surface area (Å²) in [5, 5.41) is 10.8. The van der Waals surface area contributed by atoms with Crippen molar-refractivity contribution in [3.63, 3.8) is 0 Å². The van der Waals surface area contributed by atoms with Gasteiger partial charge in [-0.15, -0.1) is 0 Å². The summed E-state index contributed by atoms with van der Waals surface area (Å²) < 4.78 is 13.4. The molecule has 3 heterocycles. The summed E-state index contributed by atoms with van der Waals surface area (Å²) in [5.41, 5.74) is 0. The maximum Gasteiger partial charge on any atom is 0.287 e. The second-order valence-corrected chi connectivity index (χ2v) is 6.91. The maximum atomic E-state index is 12.5. The van der Waals surface area contributed by atoms with Gasteiger partial charge in [0.05, 0.1) is 17.2 Å². The van der Waals surface area contributed by atoms with E-state index in [1.807, 2.05) is 20.0 Å². The molecule has 3 aromatic heterocycles. The molecule has 0 spiro atoms. The van der Waals surface area contributed by atoms with Crippen LogP contribution in [-0.2, 0) is 6.54 Å². The number of nitrogens with zero attached hydrogens (tertiary/aromatic N) is 4. The molecule has 0 aliphatic rings. The zero-order valence-electron chi connectivity index (χ0n) is 14.1. The molecule has 9 heteroatoms. The molecule has 1 amide bonds. The molecule has 25 heavy (non-hydrogen) atoms. The Morgan fingerprint density at radius 1 is 1.40 bits per heavy atom. The first-order chi connectivity index (χ1) is 11.9. The van der Waals surface area contributed by atoms with E-state index < -0.39 is 0 Å². The average molecular weight is 408 g/mol. The molecule has 0 aliphatic carbocycles. The summed E-state index contributed by atoms with van der Waals surface area (Å²) in [6.45, 7) is 6.11. The van der Waals surface area contributed by atoms with Crippen molar-refractivity contribution < 1.29 is 13.7 Å². The molecule has 1 unspecified atom stereocenters. The molecule has 0 saturated carbocycles. The molecule has 0 radical (unpaired) electrons. The van der Waals surface area contributed by atoms with E-state index in [2.05, 4.69) is 36.5 Å². The first-order valence-electron chi connectivity index (χ1n) is 7.80. The van der Waals surface area contributed by atoms with Crippen LogP contribution in [0.4, 0.5) is 0 Å². The molecule has 8 nitrogen and oxygen atoms in total. The summed E-state index contributed by atoms with van der Waals surface area (Å²) in [7, 11) is 0. The average Bonchev–Trinajstić information content (AvgIpc) is 3.27. The zero-order valence-corrected chi connectivity index (χ0v) is 15.6. The monoisotopic (exact) mass is 407 g/mol. The lowest BCUT2D eigenvalue weighted by Gasteiger charge is -2.17. The van der Waals surface area contributed by atoms with E-state index in [1.165, 1.54) is 0 Å². The standard InChI is InChI=1S/C16H18BrN5O3/c1-9(2)14(16-19-10(3)21-25-16)20-15(23)13-5-4-12(24-13)8-22-7-11(17)6-18-22/h4-7,9,14H,8H2,1-3H3,(H,20,23). The number of aromatic nitrogens is 4. The lowest BCUT2D eigenvalue weighted by molar-refractivity contribution is 0.0883. The van der Waals surface area contributed by atoms with Crippen molar-refractivity contribution in [2.24, 2.45) is 5.92 Å². The number of nitrogens with one attached hydrogen (secondary N) is 1. The van der Waals surface area contributed by atoms with E-state index in [9.17, 15) is 4.79 Å². The second-order valence-electron chi connectivity index (χ2n) is 6.00. The van der Waals surface area contributed by atoms with Crippen molar-refractivity contribution in [2.75, 3.05) is 0 Å². The normalized spacial score (nSPS) is 12.5. The van der Waals surface area contributed by atoms with Gasteiger partial charge in [0.1, 0.15) is 11.8 Å². The van der Waals surface area contributed by atoms with Gasteiger partial charge in [-0.1, -0.05) is 19.0 Å². The van der Waals surface area contributed by atoms with Gasteiger partial charge < -0.3 is 14.3 Å². The van der Waals surface area contributed by atoms with Gasteiger partial charge in [0, 0.05) is 6.20 Å². The van der Waals surface area contributed by atoms with Crippen molar-refractivity contribution in [1.29, 1.82) is 0 Å². The Morgan fingerprint density at radius 2 is 2.20 bits per heavy atom. The maximum absolute atomic E-state index is 12.5. The Hall–Kier alpha value is -2.42. The quantitative estimate of drug-likeness (QED) is 0.673. The number of amides is 1. The third-order valence-corrected chi connectivity index (χ3v) is 3.98. The lowest BCUT2D eigenvalue weighted by atomic mass is 10.0. The molecular weight excluding hydrogens is 390 g/mol. The smallest absolute Gasteiger partial charge is 0.287 e. The van der Waals surface area contributed by atoms with E-state index in [1.54, 1.807) is 29.9 Å². The van der Waals surface area contributed by atoms with Gasteiger partial charge in [0.25, 0.3) is 5.91 Å². The SMILES string of the molecule is Cc1noc(C(NC(=O)c2ccc(Cn3cc(Br)cn3)o2)C(C)C)n1. The fourth-order valence-corrected chi connectivity index (χ4v) is 2.66. The number of carbonyl (C=O) groups is 1. The predicted octanol–water partition coefficient (Wildman–Crippen LogP) is 3.11. The topological polar surface area (TPSA) is 99.0 Å². The molecule has 132 valence electrons. The van der Waals surface area contributed by atoms with Crippen LogP contribution in [0.15, 0.2) is 37.9 Å². The van der Waals surface area contributed by atoms with Crippen LogP contribution in [0, 0.1) is 12.8 Å². The molecular formula is C16H18BrN5O3. The van der Waals surface area contributed by atoms with E-state index in [0.717, 1.165) is 4.47 Å². The molecule has 3 rings (SSSR count). The van der Waals surface area contributed by atoms with Gasteiger partial charge in [-0.05, 0) is 40.9 Å². The minimum atomic E-state index is -0.385. The molecule has 0 bridgehead atoms. The van der Waals surface area contributed by atoms with Crippen LogP contribution in [0.25, 0.3) is 0 Å². The minimum absolute atomic E-state index is 0.0830. The number of carbonyl (C=O) groups excluding carboxylic acids is 1. The van der Waals surface area contributed by atoms with Crippen molar-refractivity contribution in [2.45, 2.75) is 33.4 Å². The van der Waals surface area contributed by atoms with Gasteiger partial charge >= 0.3 is 0 Å². The van der Waals surface area contributed by atoms with E-state index in [-0.39, 0.29) is 23.6 Å². The third-order valence-electron chi connectivity index (χ3n) is 3.57. The van der Waals surface area contributed by atoms with Crippen LogP contribution in [0.3, 0.4) is 0 Å². The first-order valence-corrected chi connectivity index (χ1v) is 8.59. The summed E-state index contributed by atoms with van der Waals surface area (Å²) in [6.07, 6.45) is 3.52. The second kappa shape index (κ2) is 7.22. The fourth-order valence-electron chi connectivity index (χ4n) is 2.33. The van der Waals surface area contributed by atoms with E-state index in [0.29, 0.717) is 24.0 Å². The molecule has 1 N–H and O–H groups in total. The summed E-state index contributed by atoms with van der Waals surface area (Å²) >= 11 is 3.34. The number of furan rings is 1. The van der Waals surface area contributed by atoms with Gasteiger partial charge in [0.15, 0.2) is 11.6 Å². The van der Waals surface area contributed by atoms with Crippen molar-refractivity contribution in [3.8, 4) is 0 Å². The van der Waals surface area contributed by atoms with Crippen LogP contribution >= 0.6 is 15.9 Å². The summed E-state index contributed by atoms with van der Waals surface area (Å²) in [6, 6.07) is 3.01. The fraction of sp³-hybridized carbons (Fsp3) is 0.375. The van der Waals surface area contributed by atoms with E-state index in [4.69, 9.17) is 8.94 Å². The summed E-state index contributed by atoms with van der Waals surface area (Å²) in [4.78, 5) is 16.7. The van der Waals surface area contributed by atoms with Crippen LogP contribution in [0.2, 0.25) is 0 Å². The highest BCUT2D eigenvalue weighted by Gasteiger charge is 2.25. The predicted molar refractivity (Wildman–Crippen MR) is 91.8 cm³/mol. The van der Waals surface area contributed by atoms with Gasteiger partial charge in [-0.2, -0.15) is 10.1 Å². The summed E-state index contributed by atoms with van der Waals surface area (Å²) in [5.74, 6) is 1.52. The zero-order chi connectivity index (χ0) is 18.0. The molecule has 0 aromatic carbocycles. The first kappa shape index (κ1) is 17.4. The van der Waals surface area contributed by atoms with E-state index >= 15 is 0 Å². The Balaban J connectivity index is 1.70. The Bertz CT molecular complexity index is 867. The largest absolute Gasteiger partial charge is 0.454 e. The number of rotatable bonds is 6. The van der Waals surface area contributed by atoms with Gasteiger partial charge in [-0.25, -0.2) is 0 Å². The molecule has 3 aromatic rings. The highest BCUT2D eigenvalue weighted by Crippen LogP contribution is 2.21. The molecule has 1 atom stereocenters. The van der Waals surface area contributed by atoms with Crippen LogP contribution in [0.5, 0.6) is 0 Å². The van der Waals surface area contributed by atoms with Gasteiger partial charge in [0.2, 0.25) is 5.89 Å². The van der Waals surface area contributed by atoms with Crippen LogP contribution < -0.4 is 5.32 Å². The van der Waals surface area contributed by atoms with Crippen LogP contribution in [-0.4, -0.2) is 25.8 Å². The highest BCUT2D eigenvalue weighted by molar-refractivity contribution is 9.10. The number of hydrogen-bond donors (Lipinski definition) is 1. The van der Waals surface area contributed by atoms with Gasteiger partial charge in [-0.3, -0.25) is 9.48 Å².